The first kappa shape index (κ1) is 16.2. The van der Waals surface area contributed by atoms with Crippen LogP contribution in [-0.4, -0.2) is 23.3 Å². The zero-order chi connectivity index (χ0) is 17.6. The minimum absolute atomic E-state index is 0.179. The van der Waals surface area contributed by atoms with Gasteiger partial charge in [-0.05, 0) is 43.3 Å². The van der Waals surface area contributed by atoms with Gasteiger partial charge in [0.2, 0.25) is 11.6 Å². The Morgan fingerprint density at radius 3 is 2.72 bits per heavy atom. The minimum Gasteiger partial charge on any atom is -0.461 e. The van der Waals surface area contributed by atoms with E-state index in [9.17, 15) is 4.79 Å². The standard InChI is InChI=1S/C18H14N4O3/c1-2-24-18(23)15(11-19)22-21-13-9-7-12(8-10-13)17-20-14-5-3-4-6-16(14)25-17/h3-10,21H,2H2,1H3. The number of anilines is 1. The van der Waals surface area contributed by atoms with Crippen LogP contribution in [0.5, 0.6) is 0 Å². The highest BCUT2D eigenvalue weighted by molar-refractivity contribution is 6.43. The number of nitrogens with one attached hydrogen (secondary N) is 1. The van der Waals surface area contributed by atoms with Crippen molar-refractivity contribution in [1.82, 2.24) is 4.98 Å². The van der Waals surface area contributed by atoms with Gasteiger partial charge in [-0.3, -0.25) is 5.43 Å². The van der Waals surface area contributed by atoms with Crippen LogP contribution in [0.3, 0.4) is 0 Å². The predicted molar refractivity (Wildman–Crippen MR) is 92.7 cm³/mol. The van der Waals surface area contributed by atoms with E-state index in [1.807, 2.05) is 24.3 Å². The highest BCUT2D eigenvalue weighted by atomic mass is 16.5. The average Bonchev–Trinajstić information content (AvgIpc) is 3.07. The largest absolute Gasteiger partial charge is 0.461 e. The first-order valence-corrected chi connectivity index (χ1v) is 7.58. The summed E-state index contributed by atoms with van der Waals surface area (Å²) in [6, 6.07) is 16.3. The summed E-state index contributed by atoms with van der Waals surface area (Å²) in [6.45, 7) is 1.84. The van der Waals surface area contributed by atoms with Crippen LogP contribution in [0.2, 0.25) is 0 Å². The van der Waals surface area contributed by atoms with E-state index in [0.717, 1.165) is 16.7 Å². The number of nitriles is 1. The molecule has 0 unspecified atom stereocenters. The van der Waals surface area contributed by atoms with Crippen LogP contribution in [0, 0.1) is 11.3 Å². The molecule has 3 rings (SSSR count). The van der Waals surface area contributed by atoms with E-state index in [1.165, 1.54) is 0 Å². The Bertz CT molecular complexity index is 935. The Morgan fingerprint density at radius 2 is 2.04 bits per heavy atom. The van der Waals surface area contributed by atoms with Crippen molar-refractivity contribution in [2.24, 2.45) is 5.10 Å². The number of hydrazone groups is 1. The molecule has 0 bridgehead atoms. The minimum atomic E-state index is -0.763. The maximum absolute atomic E-state index is 11.5. The fourth-order valence-electron chi connectivity index (χ4n) is 2.12. The molecule has 2 aromatic carbocycles. The van der Waals surface area contributed by atoms with E-state index in [2.05, 4.69) is 15.5 Å². The van der Waals surface area contributed by atoms with Crippen LogP contribution in [-0.2, 0) is 9.53 Å². The van der Waals surface area contributed by atoms with Crippen LogP contribution < -0.4 is 5.43 Å². The number of benzene rings is 2. The molecule has 1 heterocycles. The molecule has 1 N–H and O–H groups in total. The number of oxazole rings is 1. The van der Waals surface area contributed by atoms with E-state index in [0.29, 0.717) is 11.6 Å². The van der Waals surface area contributed by atoms with Gasteiger partial charge in [0.25, 0.3) is 0 Å². The summed E-state index contributed by atoms with van der Waals surface area (Å²) in [6.07, 6.45) is 0. The monoisotopic (exact) mass is 334 g/mol. The van der Waals surface area contributed by atoms with Gasteiger partial charge in [0.1, 0.15) is 11.6 Å². The van der Waals surface area contributed by atoms with Crippen molar-refractivity contribution in [1.29, 1.82) is 5.26 Å². The predicted octanol–water partition coefficient (Wildman–Crippen LogP) is 3.35. The summed E-state index contributed by atoms with van der Waals surface area (Å²) in [5.41, 5.74) is 5.23. The number of esters is 1. The molecular formula is C18H14N4O3. The van der Waals surface area contributed by atoms with Crippen molar-refractivity contribution >= 4 is 28.5 Å². The number of hydrogen-bond donors (Lipinski definition) is 1. The number of nitrogens with zero attached hydrogens (tertiary/aromatic N) is 3. The second-order valence-corrected chi connectivity index (χ2v) is 4.97. The fourth-order valence-corrected chi connectivity index (χ4v) is 2.12. The molecule has 0 aliphatic heterocycles. The number of hydrogen-bond acceptors (Lipinski definition) is 7. The van der Waals surface area contributed by atoms with Crippen molar-refractivity contribution in [3.05, 3.63) is 48.5 Å². The Morgan fingerprint density at radius 1 is 1.28 bits per heavy atom. The third-order valence-electron chi connectivity index (χ3n) is 3.30. The van der Waals surface area contributed by atoms with Crippen LogP contribution in [0.25, 0.3) is 22.6 Å². The van der Waals surface area contributed by atoms with Crippen molar-refractivity contribution in [3.63, 3.8) is 0 Å². The zero-order valence-corrected chi connectivity index (χ0v) is 13.4. The quantitative estimate of drug-likeness (QED) is 0.436. The molecule has 0 fully saturated rings. The second kappa shape index (κ2) is 7.27. The molecule has 7 heteroatoms. The molecule has 124 valence electrons. The lowest BCUT2D eigenvalue weighted by Crippen LogP contribution is -2.17. The normalized spacial score (nSPS) is 11.1. The molecule has 3 aromatic rings. The van der Waals surface area contributed by atoms with Crippen LogP contribution >= 0.6 is 0 Å². The molecule has 25 heavy (non-hydrogen) atoms. The van der Waals surface area contributed by atoms with Gasteiger partial charge in [-0.15, -0.1) is 0 Å². The van der Waals surface area contributed by atoms with Gasteiger partial charge >= 0.3 is 5.97 Å². The van der Waals surface area contributed by atoms with E-state index in [4.69, 9.17) is 14.4 Å². The van der Waals surface area contributed by atoms with Crippen molar-refractivity contribution in [2.45, 2.75) is 6.92 Å². The van der Waals surface area contributed by atoms with E-state index in [1.54, 1.807) is 37.3 Å². The molecule has 0 amide bonds. The Hall–Kier alpha value is -3.66. The SMILES string of the molecule is CCOC(=O)C(C#N)=NNc1ccc(-c2nc3ccccc3o2)cc1. The number of carbonyl (C=O) groups is 1. The molecule has 0 aliphatic carbocycles. The van der Waals surface area contributed by atoms with Gasteiger partial charge in [0, 0.05) is 5.56 Å². The summed E-state index contributed by atoms with van der Waals surface area (Å²) in [5.74, 6) is -0.249. The van der Waals surface area contributed by atoms with Crippen LogP contribution in [0.4, 0.5) is 5.69 Å². The molecule has 1 aromatic heterocycles. The second-order valence-electron chi connectivity index (χ2n) is 4.97. The number of carbonyl (C=O) groups excluding carboxylic acids is 1. The lowest BCUT2D eigenvalue weighted by Gasteiger charge is -2.02. The van der Waals surface area contributed by atoms with Gasteiger partial charge in [-0.25, -0.2) is 9.78 Å². The molecule has 0 aliphatic rings. The smallest absolute Gasteiger partial charge is 0.369 e. The van der Waals surface area contributed by atoms with E-state index in [-0.39, 0.29) is 12.3 Å². The first-order chi connectivity index (χ1) is 12.2. The summed E-state index contributed by atoms with van der Waals surface area (Å²) in [4.78, 5) is 15.9. The van der Waals surface area contributed by atoms with Gasteiger partial charge < -0.3 is 9.15 Å². The third kappa shape index (κ3) is 3.64. The summed E-state index contributed by atoms with van der Waals surface area (Å²) in [7, 11) is 0. The summed E-state index contributed by atoms with van der Waals surface area (Å²) >= 11 is 0. The number of rotatable bonds is 5. The average molecular weight is 334 g/mol. The lowest BCUT2D eigenvalue weighted by molar-refractivity contribution is -0.134. The van der Waals surface area contributed by atoms with E-state index < -0.39 is 5.97 Å². The van der Waals surface area contributed by atoms with Gasteiger partial charge in [0.15, 0.2) is 5.58 Å². The summed E-state index contributed by atoms with van der Waals surface area (Å²) in [5, 5.41) is 12.7. The number of fused-ring (bicyclic) bond motifs is 1. The Balaban J connectivity index is 1.76. The lowest BCUT2D eigenvalue weighted by atomic mass is 10.2. The molecule has 0 atom stereocenters. The van der Waals surface area contributed by atoms with E-state index >= 15 is 0 Å². The first-order valence-electron chi connectivity index (χ1n) is 7.58. The number of ether oxygens (including phenoxy) is 1. The number of para-hydroxylation sites is 2. The zero-order valence-electron chi connectivity index (χ0n) is 13.4. The molecule has 0 saturated carbocycles. The molecule has 0 spiro atoms. The van der Waals surface area contributed by atoms with Gasteiger partial charge in [-0.1, -0.05) is 12.1 Å². The van der Waals surface area contributed by atoms with Crippen LogP contribution in [0.1, 0.15) is 6.92 Å². The Labute approximate surface area is 143 Å². The van der Waals surface area contributed by atoms with Gasteiger partial charge in [-0.2, -0.15) is 10.4 Å². The van der Waals surface area contributed by atoms with Crippen molar-refractivity contribution in [3.8, 4) is 17.5 Å². The highest BCUT2D eigenvalue weighted by Gasteiger charge is 2.12. The van der Waals surface area contributed by atoms with Gasteiger partial charge in [0.05, 0.1) is 12.3 Å². The molecule has 7 nitrogen and oxygen atoms in total. The summed E-state index contributed by atoms with van der Waals surface area (Å²) < 4.78 is 10.4. The highest BCUT2D eigenvalue weighted by Crippen LogP contribution is 2.25. The fraction of sp³-hybridized carbons (Fsp3) is 0.111. The maximum Gasteiger partial charge on any atom is 0.369 e. The molecule has 0 radical (unpaired) electrons. The number of aromatic nitrogens is 1. The third-order valence-corrected chi connectivity index (χ3v) is 3.30. The van der Waals surface area contributed by atoms with Crippen LogP contribution in [0.15, 0.2) is 58.0 Å². The molecule has 0 saturated heterocycles. The topological polar surface area (TPSA) is 101 Å². The van der Waals surface area contributed by atoms with Crippen molar-refractivity contribution < 1.29 is 13.9 Å². The van der Waals surface area contributed by atoms with Crippen molar-refractivity contribution in [2.75, 3.05) is 12.0 Å². The maximum atomic E-state index is 11.5. The molecular weight excluding hydrogens is 320 g/mol. The Kier molecular flexibility index (Phi) is 4.72.